The number of benzene rings is 3. The van der Waals surface area contributed by atoms with Crippen LogP contribution in [-0.4, -0.2) is 37.0 Å². The van der Waals surface area contributed by atoms with Crippen molar-refractivity contribution in [1.29, 1.82) is 0 Å². The van der Waals surface area contributed by atoms with E-state index in [-0.39, 0.29) is 17.6 Å². The minimum atomic E-state index is -0.524. The first-order valence-corrected chi connectivity index (χ1v) is 10.6. The van der Waals surface area contributed by atoms with E-state index in [0.717, 1.165) is 5.56 Å². The Morgan fingerprint density at radius 2 is 1.85 bits per heavy atom. The zero-order chi connectivity index (χ0) is 23.9. The molecule has 0 unspecified atom stereocenters. The van der Waals surface area contributed by atoms with Crippen molar-refractivity contribution in [3.8, 4) is 11.5 Å². The smallest absolute Gasteiger partial charge is 0.339 e. The van der Waals surface area contributed by atoms with E-state index < -0.39 is 6.03 Å². The van der Waals surface area contributed by atoms with Crippen LogP contribution in [0.3, 0.4) is 0 Å². The molecule has 1 aliphatic heterocycles. The number of para-hydroxylation sites is 2. The first kappa shape index (κ1) is 22.7. The summed E-state index contributed by atoms with van der Waals surface area (Å²) < 4.78 is 10.9. The van der Waals surface area contributed by atoms with E-state index >= 15 is 0 Å². The third-order valence-electron chi connectivity index (χ3n) is 4.79. The fourth-order valence-electron chi connectivity index (χ4n) is 3.24. The molecule has 0 fully saturated rings. The summed E-state index contributed by atoms with van der Waals surface area (Å²) in [7, 11) is 1.55. The van der Waals surface area contributed by atoms with Crippen molar-refractivity contribution >= 4 is 52.5 Å². The topological polar surface area (TPSA) is 104 Å². The average molecular weight is 476 g/mol. The molecule has 0 aromatic heterocycles. The van der Waals surface area contributed by atoms with Gasteiger partial charge in [-0.2, -0.15) is 5.10 Å². The number of rotatable bonds is 5. The fourth-order valence-corrected chi connectivity index (χ4v) is 3.55. The third kappa shape index (κ3) is 5.30. The Kier molecular flexibility index (Phi) is 6.99. The highest BCUT2D eigenvalue weighted by atomic mass is 32.1. The Balaban J connectivity index is 1.45. The number of urea groups is 1. The second-order valence-corrected chi connectivity index (χ2v) is 7.45. The highest BCUT2D eigenvalue weighted by Gasteiger charge is 2.29. The fraction of sp³-hybridized carbons (Fsp3) is 0.0833. The number of anilines is 3. The lowest BCUT2D eigenvalue weighted by atomic mass is 10.2. The molecule has 9 nitrogen and oxygen atoms in total. The Morgan fingerprint density at radius 1 is 1.09 bits per heavy atom. The van der Waals surface area contributed by atoms with Crippen molar-refractivity contribution < 1.29 is 19.1 Å². The van der Waals surface area contributed by atoms with Crippen LogP contribution in [0.5, 0.6) is 11.5 Å². The number of hydrogen-bond acceptors (Lipinski definition) is 6. The van der Waals surface area contributed by atoms with Gasteiger partial charge < -0.3 is 20.1 Å². The molecule has 1 aliphatic rings. The summed E-state index contributed by atoms with van der Waals surface area (Å²) in [6.45, 7) is -0.197. The van der Waals surface area contributed by atoms with Crippen LogP contribution < -0.4 is 30.4 Å². The normalized spacial score (nSPS) is 12.5. The van der Waals surface area contributed by atoms with Crippen molar-refractivity contribution in [3.63, 3.8) is 0 Å². The SMILES string of the molecule is COc1ccccc1NC(=S)N1C(=O)COc2cc(NC(=O)N/N=C/c3ccccc3)ccc21. The number of nitrogens with one attached hydrogen (secondary N) is 3. The van der Waals surface area contributed by atoms with Gasteiger partial charge in [-0.05, 0) is 42.0 Å². The van der Waals surface area contributed by atoms with Crippen LogP contribution in [0.15, 0.2) is 77.9 Å². The zero-order valence-corrected chi connectivity index (χ0v) is 19.0. The van der Waals surface area contributed by atoms with Gasteiger partial charge >= 0.3 is 6.03 Å². The van der Waals surface area contributed by atoms with Gasteiger partial charge in [0.05, 0.1) is 24.7 Å². The number of hydrazone groups is 1. The van der Waals surface area contributed by atoms with Gasteiger partial charge in [-0.1, -0.05) is 42.5 Å². The minimum Gasteiger partial charge on any atom is -0.495 e. The molecular weight excluding hydrogens is 454 g/mol. The number of fused-ring (bicyclic) bond motifs is 1. The van der Waals surface area contributed by atoms with Crippen LogP contribution in [0.25, 0.3) is 0 Å². The van der Waals surface area contributed by atoms with Gasteiger partial charge in [-0.3, -0.25) is 9.69 Å². The Morgan fingerprint density at radius 3 is 2.65 bits per heavy atom. The summed E-state index contributed by atoms with van der Waals surface area (Å²) in [5.74, 6) is 0.661. The van der Waals surface area contributed by atoms with Crippen molar-refractivity contribution in [2.45, 2.75) is 0 Å². The molecule has 0 aliphatic carbocycles. The summed E-state index contributed by atoms with van der Waals surface area (Å²) in [4.78, 5) is 26.1. The molecular formula is C24H21N5O4S. The molecule has 10 heteroatoms. The molecule has 0 atom stereocenters. The highest BCUT2D eigenvalue weighted by Crippen LogP contribution is 2.35. The average Bonchev–Trinajstić information content (AvgIpc) is 2.85. The summed E-state index contributed by atoms with van der Waals surface area (Å²) in [5, 5.41) is 9.81. The molecule has 3 aromatic rings. The van der Waals surface area contributed by atoms with Crippen molar-refractivity contribution in [2.24, 2.45) is 5.10 Å². The number of hydrogen-bond donors (Lipinski definition) is 3. The maximum absolute atomic E-state index is 12.6. The second kappa shape index (κ2) is 10.5. The summed E-state index contributed by atoms with van der Waals surface area (Å²) in [6.07, 6.45) is 1.54. The molecule has 3 N–H and O–H groups in total. The van der Waals surface area contributed by atoms with Crippen LogP contribution in [-0.2, 0) is 4.79 Å². The molecule has 4 rings (SSSR count). The van der Waals surface area contributed by atoms with Gasteiger partial charge in [0.2, 0.25) is 0 Å². The molecule has 172 valence electrons. The summed E-state index contributed by atoms with van der Waals surface area (Å²) >= 11 is 5.49. The number of methoxy groups -OCH3 is 1. The molecule has 0 saturated carbocycles. The molecule has 0 radical (unpaired) electrons. The van der Waals surface area contributed by atoms with Gasteiger partial charge in [0.25, 0.3) is 5.91 Å². The quantitative estimate of drug-likeness (QED) is 0.293. The van der Waals surface area contributed by atoms with Gasteiger partial charge in [0.15, 0.2) is 11.7 Å². The van der Waals surface area contributed by atoms with Crippen LogP contribution in [0, 0.1) is 0 Å². The predicted octanol–water partition coefficient (Wildman–Crippen LogP) is 3.97. The lowest BCUT2D eigenvalue weighted by molar-refractivity contribution is -0.120. The lowest BCUT2D eigenvalue weighted by Crippen LogP contribution is -2.45. The summed E-state index contributed by atoms with van der Waals surface area (Å²) in [5.41, 5.74) is 4.80. The first-order valence-electron chi connectivity index (χ1n) is 10.2. The number of amides is 3. The van der Waals surface area contributed by atoms with Crippen LogP contribution in [0.1, 0.15) is 5.56 Å². The molecule has 1 heterocycles. The number of nitrogens with zero attached hydrogens (tertiary/aromatic N) is 2. The number of carbonyl (C=O) groups is 2. The van der Waals surface area contributed by atoms with Gasteiger partial charge in [-0.15, -0.1) is 0 Å². The lowest BCUT2D eigenvalue weighted by Gasteiger charge is -2.30. The van der Waals surface area contributed by atoms with E-state index in [0.29, 0.717) is 28.6 Å². The largest absolute Gasteiger partial charge is 0.495 e. The predicted molar refractivity (Wildman–Crippen MR) is 135 cm³/mol. The Labute approximate surface area is 201 Å². The van der Waals surface area contributed by atoms with E-state index in [2.05, 4.69) is 21.2 Å². The Hall–Kier alpha value is -4.44. The molecule has 0 spiro atoms. The Bertz CT molecular complexity index is 1250. The van der Waals surface area contributed by atoms with E-state index in [1.165, 1.54) is 11.1 Å². The van der Waals surface area contributed by atoms with E-state index in [1.807, 2.05) is 42.5 Å². The number of carbonyl (C=O) groups excluding carboxylic acids is 2. The van der Waals surface area contributed by atoms with Crippen molar-refractivity contribution in [1.82, 2.24) is 5.43 Å². The van der Waals surface area contributed by atoms with Crippen LogP contribution in [0.4, 0.5) is 21.9 Å². The molecule has 0 saturated heterocycles. The van der Waals surface area contributed by atoms with Crippen molar-refractivity contribution in [2.75, 3.05) is 29.3 Å². The molecule has 34 heavy (non-hydrogen) atoms. The molecule has 3 amide bonds. The number of thiocarbonyl (C=S) groups is 1. The second-order valence-electron chi connectivity index (χ2n) is 7.07. The molecule has 0 bridgehead atoms. The van der Waals surface area contributed by atoms with Crippen LogP contribution >= 0.6 is 12.2 Å². The summed E-state index contributed by atoms with van der Waals surface area (Å²) in [6, 6.07) is 21.0. The van der Waals surface area contributed by atoms with Gasteiger partial charge in [0, 0.05) is 11.8 Å². The van der Waals surface area contributed by atoms with Gasteiger partial charge in [0.1, 0.15) is 11.5 Å². The first-order chi connectivity index (χ1) is 16.5. The standard InChI is InChI=1S/C24H21N5O4S/c1-32-20-10-6-5-9-18(20)27-24(34)29-19-12-11-17(13-21(19)33-15-22(29)30)26-23(31)28-25-14-16-7-3-2-4-8-16/h2-14H,15H2,1H3,(H,27,34)(H2,26,28,31)/b25-14+. The zero-order valence-electron chi connectivity index (χ0n) is 18.1. The third-order valence-corrected chi connectivity index (χ3v) is 5.07. The molecule has 3 aromatic carbocycles. The highest BCUT2D eigenvalue weighted by molar-refractivity contribution is 7.80. The number of ether oxygens (including phenoxy) is 2. The van der Waals surface area contributed by atoms with E-state index in [9.17, 15) is 9.59 Å². The van der Waals surface area contributed by atoms with Crippen LogP contribution in [0.2, 0.25) is 0 Å². The van der Waals surface area contributed by atoms with Gasteiger partial charge in [-0.25, -0.2) is 10.2 Å². The van der Waals surface area contributed by atoms with Crippen molar-refractivity contribution in [3.05, 3.63) is 78.4 Å². The maximum Gasteiger partial charge on any atom is 0.339 e. The van der Waals surface area contributed by atoms with E-state index in [1.54, 1.807) is 37.4 Å². The minimum absolute atomic E-state index is 0.174. The monoisotopic (exact) mass is 475 g/mol. The van der Waals surface area contributed by atoms with E-state index in [4.69, 9.17) is 21.7 Å². The maximum atomic E-state index is 12.6.